The molecule has 1 nitrogen and oxygen atoms in total. The summed E-state index contributed by atoms with van der Waals surface area (Å²) >= 11 is 0. The summed E-state index contributed by atoms with van der Waals surface area (Å²) in [5, 5.41) is 0. The van der Waals surface area contributed by atoms with Crippen LogP contribution in [0.25, 0.3) is 22.3 Å². The van der Waals surface area contributed by atoms with Crippen molar-refractivity contribution < 1.29 is 0 Å². The molecule has 0 atom stereocenters. The second kappa shape index (κ2) is 12.2. The van der Waals surface area contributed by atoms with E-state index in [1.54, 1.807) is 0 Å². The zero-order valence-electron chi connectivity index (χ0n) is 30.6. The highest BCUT2D eigenvalue weighted by Crippen LogP contribution is 2.57. The Kier molecular flexibility index (Phi) is 7.59. The number of fused-ring (bicyclic) bond motifs is 4. The van der Waals surface area contributed by atoms with Gasteiger partial charge < -0.3 is 4.90 Å². The second-order valence-electron chi connectivity index (χ2n) is 16.0. The summed E-state index contributed by atoms with van der Waals surface area (Å²) < 4.78 is 0. The fraction of sp³-hybridized carbons (Fsp3) is 0.176. The van der Waals surface area contributed by atoms with Gasteiger partial charge in [0.05, 0.1) is 5.41 Å². The Morgan fingerprint density at radius 2 is 0.827 bits per heavy atom. The maximum absolute atomic E-state index is 2.49. The van der Waals surface area contributed by atoms with Crippen molar-refractivity contribution in [2.24, 2.45) is 0 Å². The zero-order chi connectivity index (χ0) is 35.5. The first-order valence-electron chi connectivity index (χ1n) is 18.7. The molecule has 1 heteroatoms. The molecule has 7 aromatic carbocycles. The van der Waals surface area contributed by atoms with Crippen LogP contribution >= 0.6 is 0 Å². The molecule has 0 heterocycles. The minimum Gasteiger partial charge on any atom is -0.310 e. The van der Waals surface area contributed by atoms with Crippen LogP contribution in [0.4, 0.5) is 17.1 Å². The molecular weight excluding hydrogens is 627 g/mol. The van der Waals surface area contributed by atoms with Gasteiger partial charge in [-0.05, 0) is 116 Å². The maximum Gasteiger partial charge on any atom is 0.0714 e. The van der Waals surface area contributed by atoms with E-state index in [0.717, 1.165) is 11.4 Å². The number of anilines is 3. The van der Waals surface area contributed by atoms with Crippen LogP contribution in [0.5, 0.6) is 0 Å². The third kappa shape index (κ3) is 5.06. The SMILES string of the molecule is CC1(C)CCC(C)(C)c2cc(N(c3ccc(-c4ccccc4)cc3)c3ccc4c(c3)C(c3ccccc3)(c3ccccc3)c3ccccc3-4)ccc21. The van der Waals surface area contributed by atoms with Crippen molar-refractivity contribution in [1.29, 1.82) is 0 Å². The van der Waals surface area contributed by atoms with Gasteiger partial charge in [0.15, 0.2) is 0 Å². The standard InChI is InChI=1S/C51H45N/c1-49(2)32-33-50(3,4)48-35-42(29-31-46(48)49)52(40-26-24-37(25-27-40)36-16-8-5-9-17-36)41-28-30-44-43-22-14-15-23-45(43)51(47(44)34-41,38-18-10-6-11-19-38)39-20-12-7-13-21-39/h5-31,34-35H,32-33H2,1-4H3. The van der Waals surface area contributed by atoms with Crippen molar-refractivity contribution >= 4 is 17.1 Å². The van der Waals surface area contributed by atoms with Gasteiger partial charge in [-0.2, -0.15) is 0 Å². The van der Waals surface area contributed by atoms with Crippen LogP contribution < -0.4 is 4.90 Å². The Morgan fingerprint density at radius 3 is 1.46 bits per heavy atom. The van der Waals surface area contributed by atoms with Crippen LogP contribution in [0.3, 0.4) is 0 Å². The van der Waals surface area contributed by atoms with E-state index in [1.165, 1.54) is 74.2 Å². The molecule has 0 fully saturated rings. The van der Waals surface area contributed by atoms with E-state index < -0.39 is 5.41 Å². The van der Waals surface area contributed by atoms with Gasteiger partial charge in [0.1, 0.15) is 0 Å². The van der Waals surface area contributed by atoms with E-state index in [9.17, 15) is 0 Å². The van der Waals surface area contributed by atoms with Crippen LogP contribution in [-0.2, 0) is 16.2 Å². The Hall–Kier alpha value is -5.66. The molecule has 2 aliphatic rings. The second-order valence-corrected chi connectivity index (χ2v) is 16.0. The first-order chi connectivity index (χ1) is 25.3. The van der Waals surface area contributed by atoms with Crippen LogP contribution in [0.15, 0.2) is 176 Å². The van der Waals surface area contributed by atoms with Gasteiger partial charge in [-0.3, -0.25) is 0 Å². The molecule has 0 saturated carbocycles. The molecule has 0 radical (unpaired) electrons. The molecule has 0 bridgehead atoms. The van der Waals surface area contributed by atoms with Crippen molar-refractivity contribution in [2.45, 2.75) is 56.8 Å². The molecule has 0 aliphatic heterocycles. The molecule has 0 saturated heterocycles. The lowest BCUT2D eigenvalue weighted by atomic mass is 9.63. The summed E-state index contributed by atoms with van der Waals surface area (Å²) in [6, 6.07) is 65.5. The van der Waals surface area contributed by atoms with Crippen LogP contribution in [0.1, 0.15) is 73.9 Å². The van der Waals surface area contributed by atoms with E-state index in [2.05, 4.69) is 209 Å². The monoisotopic (exact) mass is 671 g/mol. The zero-order valence-corrected chi connectivity index (χ0v) is 30.6. The van der Waals surface area contributed by atoms with E-state index in [4.69, 9.17) is 0 Å². The van der Waals surface area contributed by atoms with E-state index in [0.29, 0.717) is 0 Å². The maximum atomic E-state index is 2.49. The summed E-state index contributed by atoms with van der Waals surface area (Å²) in [6.07, 6.45) is 2.37. The molecular formula is C51H45N. The number of hydrogen-bond acceptors (Lipinski definition) is 1. The molecule has 7 aromatic rings. The highest BCUT2D eigenvalue weighted by atomic mass is 15.1. The Balaban J connectivity index is 1.29. The fourth-order valence-corrected chi connectivity index (χ4v) is 9.17. The van der Waals surface area contributed by atoms with Gasteiger partial charge in [-0.1, -0.05) is 167 Å². The molecule has 9 rings (SSSR count). The third-order valence-corrected chi connectivity index (χ3v) is 12.0. The molecule has 0 unspecified atom stereocenters. The summed E-state index contributed by atoms with van der Waals surface area (Å²) in [5.74, 6) is 0. The molecule has 0 spiro atoms. The predicted octanol–water partition coefficient (Wildman–Crippen LogP) is 13.5. The van der Waals surface area contributed by atoms with E-state index >= 15 is 0 Å². The average molecular weight is 672 g/mol. The molecule has 52 heavy (non-hydrogen) atoms. The van der Waals surface area contributed by atoms with Gasteiger partial charge in [0.2, 0.25) is 0 Å². The highest BCUT2D eigenvalue weighted by Gasteiger charge is 2.46. The molecule has 0 aromatic heterocycles. The molecule has 0 amide bonds. The number of benzene rings is 7. The van der Waals surface area contributed by atoms with Crippen molar-refractivity contribution in [3.05, 3.63) is 209 Å². The highest BCUT2D eigenvalue weighted by molar-refractivity contribution is 5.89. The molecule has 2 aliphatic carbocycles. The summed E-state index contributed by atoms with van der Waals surface area (Å²) in [4.78, 5) is 2.48. The van der Waals surface area contributed by atoms with Crippen LogP contribution in [-0.4, -0.2) is 0 Å². The topological polar surface area (TPSA) is 3.24 Å². The first-order valence-corrected chi connectivity index (χ1v) is 18.7. The lowest BCUT2D eigenvalue weighted by Crippen LogP contribution is -2.34. The lowest BCUT2D eigenvalue weighted by molar-refractivity contribution is 0.332. The Labute approximate surface area is 309 Å². The predicted molar refractivity (Wildman–Crippen MR) is 219 cm³/mol. The summed E-state index contributed by atoms with van der Waals surface area (Å²) in [5.41, 5.74) is 16.4. The summed E-state index contributed by atoms with van der Waals surface area (Å²) in [7, 11) is 0. The van der Waals surface area contributed by atoms with Crippen LogP contribution in [0, 0.1) is 0 Å². The minimum atomic E-state index is -0.463. The van der Waals surface area contributed by atoms with Gasteiger partial charge in [-0.15, -0.1) is 0 Å². The Morgan fingerprint density at radius 1 is 0.365 bits per heavy atom. The fourth-order valence-electron chi connectivity index (χ4n) is 9.17. The van der Waals surface area contributed by atoms with E-state index in [1.807, 2.05) is 0 Å². The normalized spacial score (nSPS) is 16.0. The molecule has 0 N–H and O–H groups in total. The lowest BCUT2D eigenvalue weighted by Gasteiger charge is -2.42. The van der Waals surface area contributed by atoms with Crippen molar-refractivity contribution in [3.63, 3.8) is 0 Å². The van der Waals surface area contributed by atoms with Gasteiger partial charge in [0, 0.05) is 17.1 Å². The number of nitrogens with zero attached hydrogens (tertiary/aromatic N) is 1. The minimum absolute atomic E-state index is 0.0963. The number of rotatable bonds is 6. The van der Waals surface area contributed by atoms with Crippen molar-refractivity contribution in [2.75, 3.05) is 4.90 Å². The molecule has 254 valence electrons. The van der Waals surface area contributed by atoms with Crippen LogP contribution in [0.2, 0.25) is 0 Å². The van der Waals surface area contributed by atoms with Crippen molar-refractivity contribution in [1.82, 2.24) is 0 Å². The average Bonchev–Trinajstić information content (AvgIpc) is 3.48. The number of hydrogen-bond donors (Lipinski definition) is 0. The quantitative estimate of drug-likeness (QED) is 0.170. The van der Waals surface area contributed by atoms with Crippen molar-refractivity contribution in [3.8, 4) is 22.3 Å². The summed E-state index contributed by atoms with van der Waals surface area (Å²) in [6.45, 7) is 9.66. The largest absolute Gasteiger partial charge is 0.310 e. The first kappa shape index (κ1) is 32.3. The third-order valence-electron chi connectivity index (χ3n) is 12.0. The van der Waals surface area contributed by atoms with E-state index in [-0.39, 0.29) is 10.8 Å². The smallest absolute Gasteiger partial charge is 0.0714 e. The van der Waals surface area contributed by atoms with Gasteiger partial charge in [0.25, 0.3) is 0 Å². The Bertz CT molecular complexity index is 2350. The van der Waals surface area contributed by atoms with Gasteiger partial charge >= 0.3 is 0 Å². The van der Waals surface area contributed by atoms with Gasteiger partial charge in [-0.25, -0.2) is 0 Å².